The summed E-state index contributed by atoms with van der Waals surface area (Å²) in [5.74, 6) is 6.69. The van der Waals surface area contributed by atoms with Gasteiger partial charge in [0.15, 0.2) is 0 Å². The molecule has 1 aromatic heterocycles. The van der Waals surface area contributed by atoms with Gasteiger partial charge in [-0.25, -0.2) is 15.8 Å². The number of rotatable bonds is 1. The average molecular weight is 152 g/mol. The molecule has 0 fully saturated rings. The smallest absolute Gasteiger partial charge is 0.146 e. The number of aryl methyl sites for hydroxylation is 2. The maximum Gasteiger partial charge on any atom is 0.146 e. The molecule has 1 rings (SSSR count). The lowest BCUT2D eigenvalue weighted by Crippen LogP contribution is -2.12. The monoisotopic (exact) mass is 152 g/mol. The summed E-state index contributed by atoms with van der Waals surface area (Å²) in [7, 11) is 0. The van der Waals surface area contributed by atoms with E-state index < -0.39 is 0 Å². The van der Waals surface area contributed by atoms with Gasteiger partial charge in [-0.2, -0.15) is 0 Å². The fraction of sp³-hybridized carbons (Fsp3) is 0.429. The van der Waals surface area contributed by atoms with Crippen molar-refractivity contribution in [2.24, 2.45) is 5.84 Å². The van der Waals surface area contributed by atoms with Crippen molar-refractivity contribution in [3.05, 3.63) is 17.1 Å². The highest BCUT2D eigenvalue weighted by molar-refractivity contribution is 5.43. The first-order valence-electron chi connectivity index (χ1n) is 3.43. The van der Waals surface area contributed by atoms with E-state index in [1.807, 2.05) is 20.8 Å². The summed E-state index contributed by atoms with van der Waals surface area (Å²) in [6.07, 6.45) is 0. The van der Waals surface area contributed by atoms with Crippen LogP contribution < -0.4 is 11.3 Å². The molecule has 0 amide bonds. The third-order valence-electron chi connectivity index (χ3n) is 1.64. The number of hydrogen-bond donors (Lipinski definition) is 2. The van der Waals surface area contributed by atoms with Crippen LogP contribution in [0.2, 0.25) is 0 Å². The highest BCUT2D eigenvalue weighted by Crippen LogP contribution is 2.12. The van der Waals surface area contributed by atoms with E-state index in [2.05, 4.69) is 15.4 Å². The van der Waals surface area contributed by atoms with Crippen LogP contribution in [0.5, 0.6) is 0 Å². The van der Waals surface area contributed by atoms with Gasteiger partial charge >= 0.3 is 0 Å². The summed E-state index contributed by atoms with van der Waals surface area (Å²) in [5.41, 5.74) is 4.49. The van der Waals surface area contributed by atoms with Crippen molar-refractivity contribution in [1.82, 2.24) is 9.97 Å². The minimum absolute atomic E-state index is 0.704. The number of nitrogens with zero attached hydrogens (tertiary/aromatic N) is 2. The highest BCUT2D eigenvalue weighted by atomic mass is 15.3. The number of nitrogen functional groups attached to an aromatic ring is 1. The first kappa shape index (κ1) is 7.94. The second-order valence-electron chi connectivity index (χ2n) is 2.47. The van der Waals surface area contributed by atoms with Gasteiger partial charge in [-0.15, -0.1) is 0 Å². The van der Waals surface area contributed by atoms with E-state index in [0.29, 0.717) is 5.82 Å². The standard InChI is InChI=1S/C7H12N4/c1-4-5(2)9-6(3)10-7(4)11-8/h8H2,1-3H3,(H,9,10,11). The van der Waals surface area contributed by atoms with Crippen LogP contribution in [0, 0.1) is 20.8 Å². The molecule has 0 unspecified atom stereocenters. The largest absolute Gasteiger partial charge is 0.308 e. The Hall–Kier alpha value is -1.16. The lowest BCUT2D eigenvalue weighted by atomic mass is 10.2. The van der Waals surface area contributed by atoms with E-state index in [0.717, 1.165) is 17.1 Å². The van der Waals surface area contributed by atoms with Crippen LogP contribution in [0.15, 0.2) is 0 Å². The van der Waals surface area contributed by atoms with Crippen molar-refractivity contribution < 1.29 is 0 Å². The molecule has 0 saturated heterocycles. The first-order chi connectivity index (χ1) is 5.15. The van der Waals surface area contributed by atoms with Crippen LogP contribution in [-0.4, -0.2) is 9.97 Å². The number of anilines is 1. The van der Waals surface area contributed by atoms with E-state index >= 15 is 0 Å². The van der Waals surface area contributed by atoms with E-state index in [1.54, 1.807) is 0 Å². The number of hydrogen-bond acceptors (Lipinski definition) is 4. The Balaban J connectivity index is 3.24. The van der Waals surface area contributed by atoms with Gasteiger partial charge in [-0.3, -0.25) is 0 Å². The summed E-state index contributed by atoms with van der Waals surface area (Å²) in [5, 5.41) is 0. The molecule has 0 atom stereocenters. The van der Waals surface area contributed by atoms with Crippen LogP contribution >= 0.6 is 0 Å². The predicted octanol–water partition coefficient (Wildman–Crippen LogP) is 0.687. The van der Waals surface area contributed by atoms with Crippen LogP contribution in [0.4, 0.5) is 5.82 Å². The molecule has 4 heteroatoms. The lowest BCUT2D eigenvalue weighted by Gasteiger charge is -2.06. The van der Waals surface area contributed by atoms with E-state index in [4.69, 9.17) is 5.84 Å². The molecule has 0 aliphatic heterocycles. The quantitative estimate of drug-likeness (QED) is 0.459. The van der Waals surface area contributed by atoms with Gasteiger partial charge in [0.1, 0.15) is 11.6 Å². The van der Waals surface area contributed by atoms with Crippen LogP contribution in [0.3, 0.4) is 0 Å². The van der Waals surface area contributed by atoms with Gasteiger partial charge in [0.05, 0.1) is 0 Å². The highest BCUT2D eigenvalue weighted by Gasteiger charge is 2.02. The summed E-state index contributed by atoms with van der Waals surface area (Å²) in [6.45, 7) is 5.71. The fourth-order valence-corrected chi connectivity index (χ4v) is 0.909. The Kier molecular flexibility index (Phi) is 2.05. The molecular weight excluding hydrogens is 140 g/mol. The lowest BCUT2D eigenvalue weighted by molar-refractivity contribution is 0.981. The molecule has 3 N–H and O–H groups in total. The van der Waals surface area contributed by atoms with Crippen LogP contribution in [0.25, 0.3) is 0 Å². The first-order valence-corrected chi connectivity index (χ1v) is 3.43. The number of aromatic nitrogens is 2. The zero-order valence-corrected chi connectivity index (χ0v) is 6.97. The third-order valence-corrected chi connectivity index (χ3v) is 1.64. The molecule has 1 aromatic rings. The Bertz CT molecular complexity index is 269. The molecule has 0 spiro atoms. The van der Waals surface area contributed by atoms with Crippen molar-refractivity contribution in [3.8, 4) is 0 Å². The summed E-state index contributed by atoms with van der Waals surface area (Å²) < 4.78 is 0. The van der Waals surface area contributed by atoms with Crippen molar-refractivity contribution in [2.45, 2.75) is 20.8 Å². The topological polar surface area (TPSA) is 63.8 Å². The minimum Gasteiger partial charge on any atom is -0.308 e. The van der Waals surface area contributed by atoms with Crippen LogP contribution in [-0.2, 0) is 0 Å². The van der Waals surface area contributed by atoms with E-state index in [9.17, 15) is 0 Å². The fourth-order valence-electron chi connectivity index (χ4n) is 0.909. The molecule has 0 saturated carbocycles. The van der Waals surface area contributed by atoms with Crippen molar-refractivity contribution >= 4 is 5.82 Å². The number of hydrazine groups is 1. The van der Waals surface area contributed by atoms with Gasteiger partial charge in [-0.1, -0.05) is 0 Å². The van der Waals surface area contributed by atoms with Gasteiger partial charge in [0, 0.05) is 11.3 Å². The second-order valence-corrected chi connectivity index (χ2v) is 2.47. The molecule has 11 heavy (non-hydrogen) atoms. The molecule has 1 heterocycles. The van der Waals surface area contributed by atoms with Gasteiger partial charge in [-0.05, 0) is 20.8 Å². The maximum atomic E-state index is 5.25. The van der Waals surface area contributed by atoms with Gasteiger partial charge < -0.3 is 5.43 Å². The molecule has 0 aromatic carbocycles. The van der Waals surface area contributed by atoms with Gasteiger partial charge in [0.2, 0.25) is 0 Å². The normalized spacial score (nSPS) is 9.82. The average Bonchev–Trinajstić information content (AvgIpc) is 1.96. The molecule has 0 aliphatic carbocycles. The number of nitrogens with two attached hydrogens (primary N) is 1. The summed E-state index contributed by atoms with van der Waals surface area (Å²) >= 11 is 0. The van der Waals surface area contributed by atoms with Crippen LogP contribution in [0.1, 0.15) is 17.1 Å². The maximum absolute atomic E-state index is 5.25. The minimum atomic E-state index is 0.704. The molecule has 0 bridgehead atoms. The zero-order chi connectivity index (χ0) is 8.43. The molecular formula is C7H12N4. The zero-order valence-electron chi connectivity index (χ0n) is 6.97. The van der Waals surface area contributed by atoms with Crippen molar-refractivity contribution in [2.75, 3.05) is 5.43 Å². The van der Waals surface area contributed by atoms with E-state index in [-0.39, 0.29) is 0 Å². The Morgan fingerprint density at radius 3 is 2.36 bits per heavy atom. The second kappa shape index (κ2) is 2.84. The third kappa shape index (κ3) is 1.46. The molecule has 60 valence electrons. The Morgan fingerprint density at radius 1 is 1.18 bits per heavy atom. The Labute approximate surface area is 65.8 Å². The van der Waals surface area contributed by atoms with E-state index in [1.165, 1.54) is 0 Å². The van der Waals surface area contributed by atoms with Crippen molar-refractivity contribution in [3.63, 3.8) is 0 Å². The summed E-state index contributed by atoms with van der Waals surface area (Å²) in [6, 6.07) is 0. The summed E-state index contributed by atoms with van der Waals surface area (Å²) in [4.78, 5) is 8.28. The SMILES string of the molecule is Cc1nc(C)c(C)c(NN)n1. The number of nitrogens with one attached hydrogen (secondary N) is 1. The molecule has 0 aliphatic rings. The molecule has 4 nitrogen and oxygen atoms in total. The van der Waals surface area contributed by atoms with Gasteiger partial charge in [0.25, 0.3) is 0 Å². The Morgan fingerprint density at radius 2 is 1.82 bits per heavy atom. The molecule has 0 radical (unpaired) electrons. The predicted molar refractivity (Wildman–Crippen MR) is 44.1 cm³/mol. The van der Waals surface area contributed by atoms with Crippen molar-refractivity contribution in [1.29, 1.82) is 0 Å².